The summed E-state index contributed by atoms with van der Waals surface area (Å²) in [6.45, 7) is 2.61. The van der Waals surface area contributed by atoms with E-state index in [9.17, 15) is 0 Å². The lowest BCUT2D eigenvalue weighted by molar-refractivity contribution is 0.738. The van der Waals surface area contributed by atoms with Gasteiger partial charge in [-0.1, -0.05) is 11.6 Å². The lowest BCUT2D eigenvalue weighted by Crippen LogP contribution is -2.03. The molecule has 0 bridgehead atoms. The molecule has 2 aromatic heterocycles. The first-order valence-corrected chi connectivity index (χ1v) is 5.77. The molecule has 18 heavy (non-hydrogen) atoms. The standard InChI is InChI=1S/C12H12ClN5/c1-8-9(7-16-18(8)2)6-15-12-4-3-10(13)11(5-14)17-12/h3-4,7H,6H2,1-2H3,(H,15,17). The Morgan fingerprint density at radius 1 is 1.50 bits per heavy atom. The third kappa shape index (κ3) is 2.44. The number of aryl methyl sites for hydroxylation is 1. The third-order valence-electron chi connectivity index (χ3n) is 2.75. The van der Waals surface area contributed by atoms with Gasteiger partial charge in [0.25, 0.3) is 0 Å². The van der Waals surface area contributed by atoms with E-state index in [1.54, 1.807) is 12.1 Å². The van der Waals surface area contributed by atoms with Crippen molar-refractivity contribution in [3.8, 4) is 6.07 Å². The monoisotopic (exact) mass is 261 g/mol. The Bertz CT molecular complexity index is 611. The van der Waals surface area contributed by atoms with Crippen molar-refractivity contribution in [1.29, 1.82) is 5.26 Å². The number of aromatic nitrogens is 3. The molecule has 0 saturated carbocycles. The molecule has 0 aliphatic carbocycles. The average Bonchev–Trinajstić information content (AvgIpc) is 2.69. The highest BCUT2D eigenvalue weighted by Crippen LogP contribution is 2.16. The molecule has 2 rings (SSSR count). The molecule has 6 heteroatoms. The summed E-state index contributed by atoms with van der Waals surface area (Å²) in [5, 5.41) is 16.5. The van der Waals surface area contributed by atoms with Crippen LogP contribution in [-0.4, -0.2) is 14.8 Å². The highest BCUT2D eigenvalue weighted by atomic mass is 35.5. The Hall–Kier alpha value is -2.06. The highest BCUT2D eigenvalue weighted by Gasteiger charge is 2.05. The van der Waals surface area contributed by atoms with E-state index in [2.05, 4.69) is 15.4 Å². The number of hydrogen-bond donors (Lipinski definition) is 1. The van der Waals surface area contributed by atoms with Crippen LogP contribution in [0.1, 0.15) is 17.0 Å². The molecule has 0 radical (unpaired) electrons. The quantitative estimate of drug-likeness (QED) is 0.920. The van der Waals surface area contributed by atoms with Crippen LogP contribution in [0.15, 0.2) is 18.3 Å². The number of nitrogens with one attached hydrogen (secondary N) is 1. The van der Waals surface area contributed by atoms with Gasteiger partial charge in [0.2, 0.25) is 0 Å². The summed E-state index contributed by atoms with van der Waals surface area (Å²) in [7, 11) is 1.90. The Labute approximate surface area is 110 Å². The summed E-state index contributed by atoms with van der Waals surface area (Å²) in [6.07, 6.45) is 1.81. The van der Waals surface area contributed by atoms with E-state index in [4.69, 9.17) is 16.9 Å². The van der Waals surface area contributed by atoms with Crippen molar-refractivity contribution < 1.29 is 0 Å². The minimum absolute atomic E-state index is 0.226. The Balaban J connectivity index is 2.11. The summed E-state index contributed by atoms with van der Waals surface area (Å²) in [4.78, 5) is 4.11. The van der Waals surface area contributed by atoms with Crippen LogP contribution in [0.4, 0.5) is 5.82 Å². The minimum atomic E-state index is 0.226. The van der Waals surface area contributed by atoms with Crippen molar-refractivity contribution in [2.45, 2.75) is 13.5 Å². The summed E-state index contributed by atoms with van der Waals surface area (Å²) in [5.74, 6) is 0.624. The van der Waals surface area contributed by atoms with E-state index < -0.39 is 0 Å². The van der Waals surface area contributed by atoms with Gasteiger partial charge in [-0.05, 0) is 19.1 Å². The van der Waals surface area contributed by atoms with Crippen LogP contribution < -0.4 is 5.32 Å². The maximum atomic E-state index is 8.84. The number of rotatable bonds is 3. The second kappa shape index (κ2) is 5.07. The Morgan fingerprint density at radius 3 is 2.89 bits per heavy atom. The molecule has 0 aliphatic rings. The van der Waals surface area contributed by atoms with E-state index in [-0.39, 0.29) is 5.69 Å². The lowest BCUT2D eigenvalue weighted by atomic mass is 10.2. The molecule has 2 heterocycles. The molecule has 1 N–H and O–H groups in total. The lowest BCUT2D eigenvalue weighted by Gasteiger charge is -2.06. The zero-order chi connectivity index (χ0) is 13.1. The van der Waals surface area contributed by atoms with E-state index >= 15 is 0 Å². The third-order valence-corrected chi connectivity index (χ3v) is 3.05. The molecule has 2 aromatic rings. The van der Waals surface area contributed by atoms with E-state index in [0.29, 0.717) is 17.4 Å². The average molecular weight is 262 g/mol. The molecule has 0 saturated heterocycles. The van der Waals surface area contributed by atoms with E-state index in [1.807, 2.05) is 30.9 Å². The zero-order valence-corrected chi connectivity index (χ0v) is 10.9. The maximum absolute atomic E-state index is 8.84. The van der Waals surface area contributed by atoms with Crippen molar-refractivity contribution in [1.82, 2.24) is 14.8 Å². The number of nitriles is 1. The van der Waals surface area contributed by atoms with Gasteiger partial charge >= 0.3 is 0 Å². The zero-order valence-electron chi connectivity index (χ0n) is 10.1. The number of nitrogens with zero attached hydrogens (tertiary/aromatic N) is 4. The van der Waals surface area contributed by atoms with Crippen LogP contribution in [0.3, 0.4) is 0 Å². The van der Waals surface area contributed by atoms with Crippen molar-refractivity contribution >= 4 is 17.4 Å². The molecule has 0 atom stereocenters. The summed E-state index contributed by atoms with van der Waals surface area (Å²) >= 11 is 5.82. The first-order valence-electron chi connectivity index (χ1n) is 5.40. The number of anilines is 1. The van der Waals surface area contributed by atoms with Crippen molar-refractivity contribution in [3.63, 3.8) is 0 Å². The molecule has 0 amide bonds. The van der Waals surface area contributed by atoms with Crippen LogP contribution in [-0.2, 0) is 13.6 Å². The van der Waals surface area contributed by atoms with Gasteiger partial charge in [-0.15, -0.1) is 0 Å². The predicted molar refractivity (Wildman–Crippen MR) is 69.2 cm³/mol. The summed E-state index contributed by atoms with van der Waals surface area (Å²) in [5.41, 5.74) is 2.41. The van der Waals surface area contributed by atoms with Crippen molar-refractivity contribution in [3.05, 3.63) is 40.3 Å². The van der Waals surface area contributed by atoms with Crippen LogP contribution in [0.25, 0.3) is 0 Å². The number of halogens is 1. The molecule has 5 nitrogen and oxygen atoms in total. The van der Waals surface area contributed by atoms with E-state index in [0.717, 1.165) is 11.3 Å². The first kappa shape index (κ1) is 12.4. The second-order valence-electron chi connectivity index (χ2n) is 3.87. The van der Waals surface area contributed by atoms with Gasteiger partial charge in [-0.25, -0.2) is 4.98 Å². The van der Waals surface area contributed by atoms with Crippen molar-refractivity contribution in [2.24, 2.45) is 7.05 Å². The van der Waals surface area contributed by atoms with Gasteiger partial charge in [-0.2, -0.15) is 10.4 Å². The van der Waals surface area contributed by atoms with Crippen LogP contribution >= 0.6 is 11.6 Å². The Morgan fingerprint density at radius 2 is 2.28 bits per heavy atom. The molecule has 0 aromatic carbocycles. The van der Waals surface area contributed by atoms with Gasteiger partial charge < -0.3 is 5.32 Å². The predicted octanol–water partition coefficient (Wildman–Crippen LogP) is 2.26. The first-order chi connectivity index (χ1) is 8.61. The van der Waals surface area contributed by atoms with Crippen molar-refractivity contribution in [2.75, 3.05) is 5.32 Å². The molecule has 0 fully saturated rings. The number of pyridine rings is 1. The Kier molecular flexibility index (Phi) is 3.49. The highest BCUT2D eigenvalue weighted by molar-refractivity contribution is 6.31. The van der Waals surface area contributed by atoms with Gasteiger partial charge in [0.15, 0.2) is 5.69 Å². The molecular formula is C12H12ClN5. The largest absolute Gasteiger partial charge is 0.366 e. The fourth-order valence-corrected chi connectivity index (χ4v) is 1.67. The normalized spacial score (nSPS) is 10.1. The van der Waals surface area contributed by atoms with E-state index in [1.165, 1.54) is 0 Å². The van der Waals surface area contributed by atoms with Crippen LogP contribution in [0, 0.1) is 18.3 Å². The topological polar surface area (TPSA) is 66.5 Å². The fourth-order valence-electron chi connectivity index (χ4n) is 1.52. The van der Waals surface area contributed by atoms with Gasteiger partial charge in [-0.3, -0.25) is 4.68 Å². The molecular weight excluding hydrogens is 250 g/mol. The van der Waals surface area contributed by atoms with Crippen LogP contribution in [0.5, 0.6) is 0 Å². The van der Waals surface area contributed by atoms with Crippen LogP contribution in [0.2, 0.25) is 5.02 Å². The fraction of sp³-hybridized carbons (Fsp3) is 0.250. The smallest absolute Gasteiger partial charge is 0.161 e. The van der Waals surface area contributed by atoms with Gasteiger partial charge in [0.05, 0.1) is 11.2 Å². The SMILES string of the molecule is Cc1c(CNc2ccc(Cl)c(C#N)n2)cnn1C. The van der Waals surface area contributed by atoms with Gasteiger partial charge in [0, 0.05) is 24.8 Å². The maximum Gasteiger partial charge on any atom is 0.161 e. The second-order valence-corrected chi connectivity index (χ2v) is 4.28. The molecule has 92 valence electrons. The molecule has 0 unspecified atom stereocenters. The summed E-state index contributed by atoms with van der Waals surface area (Å²) < 4.78 is 1.81. The molecule has 0 spiro atoms. The number of hydrogen-bond acceptors (Lipinski definition) is 4. The van der Waals surface area contributed by atoms with Gasteiger partial charge in [0.1, 0.15) is 11.9 Å². The molecule has 0 aliphatic heterocycles. The minimum Gasteiger partial charge on any atom is -0.366 e. The summed E-state index contributed by atoms with van der Waals surface area (Å²) in [6, 6.07) is 5.35.